The molecule has 0 heterocycles. The Morgan fingerprint density at radius 3 is 2.10 bits per heavy atom. The van der Waals surface area contributed by atoms with Crippen molar-refractivity contribution in [2.24, 2.45) is 17.8 Å². The first kappa shape index (κ1) is 21.3. The minimum Gasteiger partial charge on any atom is -0.195 e. The molecular weight excluding hydrogens is 359 g/mol. The van der Waals surface area contributed by atoms with Gasteiger partial charge in [0, 0.05) is 0 Å². The van der Waals surface area contributed by atoms with Gasteiger partial charge in [-0.15, -0.1) is 0 Å². The van der Waals surface area contributed by atoms with Crippen molar-refractivity contribution in [1.82, 2.24) is 0 Å². The highest BCUT2D eigenvalue weighted by molar-refractivity contribution is 5.33. The second kappa shape index (κ2) is 10.4. The van der Waals surface area contributed by atoms with E-state index in [-0.39, 0.29) is 0 Å². The average molecular weight is 391 g/mol. The standard InChI is InChI=1S/C26H31FN2/c1-19(22-9-5-20(6-10-22)3-2-4-26(27)18-29)23-13-15-25(16-14-23)24-11-7-21(17-28)8-12-24/h4,7-8,11-12,20,22-23,25H,1-3,5-6,9-10,13-16H2. The van der Waals surface area contributed by atoms with Gasteiger partial charge < -0.3 is 0 Å². The summed E-state index contributed by atoms with van der Waals surface area (Å²) in [6.45, 7) is 4.51. The smallest absolute Gasteiger partial charge is 0.195 e. The van der Waals surface area contributed by atoms with Gasteiger partial charge >= 0.3 is 0 Å². The van der Waals surface area contributed by atoms with Crippen molar-refractivity contribution in [2.75, 3.05) is 0 Å². The molecule has 0 aromatic heterocycles. The van der Waals surface area contributed by atoms with Crippen molar-refractivity contribution in [3.63, 3.8) is 0 Å². The molecule has 2 aliphatic carbocycles. The molecular formula is C26H31FN2. The van der Waals surface area contributed by atoms with Gasteiger partial charge in [0.1, 0.15) is 6.07 Å². The van der Waals surface area contributed by atoms with Crippen LogP contribution in [0, 0.1) is 40.4 Å². The van der Waals surface area contributed by atoms with E-state index < -0.39 is 5.83 Å². The SMILES string of the molecule is C=C(C1CCC(CCC=C(F)C#N)CC1)C1CCC(c2ccc(C#N)cc2)CC1. The van der Waals surface area contributed by atoms with Crippen molar-refractivity contribution in [3.8, 4) is 12.1 Å². The zero-order chi connectivity index (χ0) is 20.6. The third-order valence-electron chi connectivity index (χ3n) is 7.14. The van der Waals surface area contributed by atoms with Crippen LogP contribution in [-0.4, -0.2) is 0 Å². The zero-order valence-corrected chi connectivity index (χ0v) is 17.2. The van der Waals surface area contributed by atoms with Crippen LogP contribution in [0.15, 0.2) is 48.3 Å². The molecule has 1 aromatic carbocycles. The molecule has 152 valence electrons. The van der Waals surface area contributed by atoms with Crippen LogP contribution in [0.5, 0.6) is 0 Å². The second-order valence-corrected chi connectivity index (χ2v) is 8.82. The summed E-state index contributed by atoms with van der Waals surface area (Å²) >= 11 is 0. The minimum atomic E-state index is -0.649. The number of hydrogen-bond donors (Lipinski definition) is 0. The number of nitriles is 2. The van der Waals surface area contributed by atoms with Crippen LogP contribution in [0.3, 0.4) is 0 Å². The fourth-order valence-corrected chi connectivity index (χ4v) is 5.27. The maximum atomic E-state index is 12.9. The van der Waals surface area contributed by atoms with E-state index in [2.05, 4.69) is 24.8 Å². The van der Waals surface area contributed by atoms with E-state index in [0.29, 0.717) is 30.1 Å². The van der Waals surface area contributed by atoms with E-state index in [4.69, 9.17) is 10.5 Å². The minimum absolute atomic E-state index is 0.615. The van der Waals surface area contributed by atoms with E-state index in [0.717, 1.165) is 12.0 Å². The van der Waals surface area contributed by atoms with Gasteiger partial charge in [-0.1, -0.05) is 24.3 Å². The maximum absolute atomic E-state index is 12.9. The quantitative estimate of drug-likeness (QED) is 0.376. The van der Waals surface area contributed by atoms with Gasteiger partial charge in [0.25, 0.3) is 0 Å². The molecule has 3 heteroatoms. The molecule has 2 saturated carbocycles. The molecule has 0 bridgehead atoms. The van der Waals surface area contributed by atoms with Gasteiger partial charge in [0.05, 0.1) is 11.6 Å². The van der Waals surface area contributed by atoms with Crippen LogP contribution in [0.1, 0.15) is 81.3 Å². The predicted molar refractivity (Wildman–Crippen MR) is 114 cm³/mol. The molecule has 0 amide bonds. The summed E-state index contributed by atoms with van der Waals surface area (Å²) in [5.74, 6) is 1.93. The molecule has 2 aliphatic rings. The molecule has 0 N–H and O–H groups in total. The molecule has 1 aromatic rings. The molecule has 2 nitrogen and oxygen atoms in total. The maximum Gasteiger partial charge on any atom is 0.196 e. The first-order chi connectivity index (χ1) is 14.1. The Hall–Kier alpha value is -2.39. The molecule has 0 radical (unpaired) electrons. The molecule has 2 fully saturated rings. The average Bonchev–Trinajstić information content (AvgIpc) is 2.79. The third kappa shape index (κ3) is 5.80. The van der Waals surface area contributed by atoms with Gasteiger partial charge in [-0.2, -0.15) is 14.9 Å². The third-order valence-corrected chi connectivity index (χ3v) is 7.14. The lowest BCUT2D eigenvalue weighted by atomic mass is 9.69. The summed E-state index contributed by atoms with van der Waals surface area (Å²) in [6, 6.07) is 11.9. The summed E-state index contributed by atoms with van der Waals surface area (Å²) in [6.07, 6.45) is 12.8. The van der Waals surface area contributed by atoms with Gasteiger partial charge in [0.15, 0.2) is 5.83 Å². The Labute approximate surface area is 174 Å². The van der Waals surface area contributed by atoms with Crippen molar-refractivity contribution >= 4 is 0 Å². The van der Waals surface area contributed by atoms with E-state index in [1.807, 2.05) is 12.1 Å². The Bertz CT molecular complexity index is 793. The van der Waals surface area contributed by atoms with Gasteiger partial charge in [0.2, 0.25) is 0 Å². The zero-order valence-electron chi connectivity index (χ0n) is 17.2. The first-order valence-corrected chi connectivity index (χ1v) is 11.0. The van der Waals surface area contributed by atoms with E-state index in [1.54, 1.807) is 6.07 Å². The summed E-state index contributed by atoms with van der Waals surface area (Å²) in [4.78, 5) is 0. The van der Waals surface area contributed by atoms with Crippen LogP contribution in [0.4, 0.5) is 4.39 Å². The number of allylic oxidation sites excluding steroid dienone is 3. The number of nitrogens with zero attached hydrogens (tertiary/aromatic N) is 2. The van der Waals surface area contributed by atoms with E-state index >= 15 is 0 Å². The number of benzene rings is 1. The van der Waals surface area contributed by atoms with E-state index in [9.17, 15) is 4.39 Å². The largest absolute Gasteiger partial charge is 0.196 e. The summed E-state index contributed by atoms with van der Waals surface area (Å²) < 4.78 is 12.9. The summed E-state index contributed by atoms with van der Waals surface area (Å²) in [5.41, 5.74) is 3.57. The molecule has 0 atom stereocenters. The lowest BCUT2D eigenvalue weighted by molar-refractivity contribution is 0.260. The lowest BCUT2D eigenvalue weighted by Gasteiger charge is -2.36. The monoisotopic (exact) mass is 390 g/mol. The van der Waals surface area contributed by atoms with Crippen LogP contribution in [0.25, 0.3) is 0 Å². The fourth-order valence-electron chi connectivity index (χ4n) is 5.27. The number of halogens is 1. The molecule has 0 unspecified atom stereocenters. The van der Waals surface area contributed by atoms with Crippen LogP contribution in [0.2, 0.25) is 0 Å². The summed E-state index contributed by atoms with van der Waals surface area (Å²) in [5, 5.41) is 17.4. The molecule has 29 heavy (non-hydrogen) atoms. The lowest BCUT2D eigenvalue weighted by Crippen LogP contribution is -2.22. The highest BCUT2D eigenvalue weighted by Gasteiger charge is 2.29. The topological polar surface area (TPSA) is 47.6 Å². The van der Waals surface area contributed by atoms with Crippen molar-refractivity contribution in [2.45, 2.75) is 70.1 Å². The first-order valence-electron chi connectivity index (χ1n) is 11.0. The van der Waals surface area contributed by atoms with Crippen LogP contribution < -0.4 is 0 Å². The Morgan fingerprint density at radius 1 is 0.966 bits per heavy atom. The van der Waals surface area contributed by atoms with Gasteiger partial charge in [-0.25, -0.2) is 0 Å². The van der Waals surface area contributed by atoms with Crippen LogP contribution >= 0.6 is 0 Å². The molecule has 3 rings (SSSR count). The summed E-state index contributed by atoms with van der Waals surface area (Å²) in [7, 11) is 0. The van der Waals surface area contributed by atoms with Crippen molar-refractivity contribution in [3.05, 3.63) is 59.4 Å². The molecule has 0 saturated heterocycles. The Balaban J connectivity index is 1.42. The molecule has 0 spiro atoms. The van der Waals surface area contributed by atoms with Crippen molar-refractivity contribution < 1.29 is 4.39 Å². The highest BCUT2D eigenvalue weighted by Crippen LogP contribution is 2.44. The van der Waals surface area contributed by atoms with E-state index in [1.165, 1.54) is 68.6 Å². The molecule has 0 aliphatic heterocycles. The fraction of sp³-hybridized carbons (Fsp3) is 0.538. The van der Waals surface area contributed by atoms with Gasteiger partial charge in [-0.3, -0.25) is 0 Å². The normalized spacial score (nSPS) is 27.6. The Kier molecular flexibility index (Phi) is 7.65. The predicted octanol–water partition coefficient (Wildman–Crippen LogP) is 7.35. The highest BCUT2D eigenvalue weighted by atomic mass is 19.1. The van der Waals surface area contributed by atoms with Crippen LogP contribution in [-0.2, 0) is 0 Å². The Morgan fingerprint density at radius 2 is 1.55 bits per heavy atom. The van der Waals surface area contributed by atoms with Gasteiger partial charge in [-0.05, 0) is 112 Å². The number of hydrogen-bond acceptors (Lipinski definition) is 2. The second-order valence-electron chi connectivity index (χ2n) is 8.82. The number of rotatable bonds is 6. The van der Waals surface area contributed by atoms with Crippen molar-refractivity contribution in [1.29, 1.82) is 10.5 Å².